The molecule has 7 rings (SSSR count). The lowest BCUT2D eigenvalue weighted by molar-refractivity contribution is 0.691. The van der Waals surface area contributed by atoms with Gasteiger partial charge in [0.2, 0.25) is 0 Å². The minimum Gasteiger partial charge on any atom is -0.315 e. The fourth-order valence-corrected chi connectivity index (χ4v) is 7.22. The molecule has 3 heteroatoms. The monoisotopic (exact) mass is 520 g/mol. The van der Waals surface area contributed by atoms with E-state index in [1.165, 1.54) is 87.4 Å². The number of allylic oxidation sites excluding steroid dienone is 3. The number of fused-ring (bicyclic) bond motifs is 2. The van der Waals surface area contributed by atoms with Crippen LogP contribution in [0.4, 0.5) is 22.7 Å². The maximum atomic E-state index is 2.59. The molecule has 0 unspecified atom stereocenters. The summed E-state index contributed by atoms with van der Waals surface area (Å²) < 4.78 is 0. The van der Waals surface area contributed by atoms with Crippen LogP contribution in [0, 0.1) is 0 Å². The van der Waals surface area contributed by atoms with Crippen LogP contribution in [0.3, 0.4) is 0 Å². The first-order valence-electron chi connectivity index (χ1n) is 15.1. The third-order valence-corrected chi connectivity index (χ3v) is 9.01. The van der Waals surface area contributed by atoms with Gasteiger partial charge in [0.1, 0.15) is 0 Å². The van der Waals surface area contributed by atoms with E-state index in [2.05, 4.69) is 127 Å². The quantitative estimate of drug-likeness (QED) is 0.235. The number of rotatable bonds is 6. The molecule has 0 spiro atoms. The fraction of sp³-hybridized carbons (Fsp3) is 0.243. The molecule has 0 N–H and O–H groups in total. The summed E-state index contributed by atoms with van der Waals surface area (Å²) in [6.07, 6.45) is 10.8. The Balaban J connectivity index is 1.54. The van der Waals surface area contributed by atoms with Crippen LogP contribution in [-0.2, 0) is 6.42 Å². The van der Waals surface area contributed by atoms with Gasteiger partial charge in [-0.05, 0) is 103 Å². The average Bonchev–Trinajstić information content (AvgIpc) is 3.01. The Kier molecular flexibility index (Phi) is 6.59. The molecule has 0 fully saturated rings. The minimum absolute atomic E-state index is 0.186. The summed E-state index contributed by atoms with van der Waals surface area (Å²) >= 11 is 0. The lowest BCUT2D eigenvalue weighted by Crippen LogP contribution is -2.56. The lowest BCUT2D eigenvalue weighted by Gasteiger charge is -2.45. The highest BCUT2D eigenvalue weighted by molar-refractivity contribution is 7.03. The Morgan fingerprint density at radius 3 is 2.25 bits per heavy atom. The van der Waals surface area contributed by atoms with Crippen LogP contribution in [0.15, 0.2) is 115 Å². The van der Waals surface area contributed by atoms with Gasteiger partial charge in [-0.2, -0.15) is 0 Å². The number of hydrogen-bond donors (Lipinski definition) is 0. The molecule has 2 heterocycles. The molecule has 198 valence electrons. The van der Waals surface area contributed by atoms with Crippen molar-refractivity contribution in [3.8, 4) is 0 Å². The zero-order valence-electron chi connectivity index (χ0n) is 23.7. The molecule has 0 aromatic heterocycles. The molecule has 4 aromatic rings. The predicted octanol–water partition coefficient (Wildman–Crippen LogP) is 8.67. The van der Waals surface area contributed by atoms with Crippen LogP contribution in [0.2, 0.25) is 0 Å². The van der Waals surface area contributed by atoms with E-state index >= 15 is 0 Å². The first kappa shape index (κ1) is 25.0. The first-order chi connectivity index (χ1) is 19.8. The summed E-state index contributed by atoms with van der Waals surface area (Å²) in [4.78, 5) is 5.11. The van der Waals surface area contributed by atoms with Gasteiger partial charge < -0.3 is 9.80 Å². The Hall–Kier alpha value is -3.98. The van der Waals surface area contributed by atoms with Gasteiger partial charge in [-0.25, -0.2) is 0 Å². The van der Waals surface area contributed by atoms with Crippen molar-refractivity contribution in [1.29, 1.82) is 0 Å². The van der Waals surface area contributed by atoms with E-state index in [4.69, 9.17) is 0 Å². The number of unbranched alkanes of at least 4 members (excludes halogenated alkanes) is 1. The number of benzene rings is 4. The molecular weight excluding hydrogens is 483 g/mol. The van der Waals surface area contributed by atoms with Crippen molar-refractivity contribution in [2.45, 2.75) is 58.8 Å². The molecular formula is C37H37BN2. The van der Waals surface area contributed by atoms with E-state index in [-0.39, 0.29) is 6.71 Å². The van der Waals surface area contributed by atoms with E-state index in [9.17, 15) is 0 Å². The summed E-state index contributed by atoms with van der Waals surface area (Å²) in [5, 5.41) is 0. The van der Waals surface area contributed by atoms with Crippen LogP contribution >= 0.6 is 0 Å². The number of aryl methyl sites for hydroxylation is 1. The molecule has 0 amide bonds. The standard InChI is InChI=1S/C37H37BN2/c1-3-4-16-28-17-11-12-22-31(28)36-27(2)39(29-18-7-5-8-19-29)34-25-15-26-35-37(34)38(36)32-23-13-14-24-33(32)40(35)30-20-9-6-10-21-30/h5,7-8,11-15,17-20,22-26H,3-4,6,9-10,16,21H2,1-2H3. The molecule has 0 bridgehead atoms. The zero-order valence-corrected chi connectivity index (χ0v) is 23.7. The van der Waals surface area contributed by atoms with Gasteiger partial charge in [-0.3, -0.25) is 0 Å². The summed E-state index contributed by atoms with van der Waals surface area (Å²) in [6.45, 7) is 4.82. The highest BCUT2D eigenvalue weighted by Gasteiger charge is 2.44. The highest BCUT2D eigenvalue weighted by atomic mass is 15.2. The van der Waals surface area contributed by atoms with Crippen molar-refractivity contribution in [2.24, 2.45) is 0 Å². The van der Waals surface area contributed by atoms with Crippen LogP contribution in [0.1, 0.15) is 63.5 Å². The van der Waals surface area contributed by atoms with Crippen LogP contribution in [0.25, 0.3) is 5.47 Å². The Labute approximate surface area is 239 Å². The van der Waals surface area contributed by atoms with Crippen LogP contribution < -0.4 is 20.7 Å². The molecule has 1 aliphatic carbocycles. The first-order valence-corrected chi connectivity index (χ1v) is 15.1. The Bertz CT molecular complexity index is 1620. The molecule has 0 atom stereocenters. The second kappa shape index (κ2) is 10.5. The third-order valence-electron chi connectivity index (χ3n) is 9.01. The summed E-state index contributed by atoms with van der Waals surface area (Å²) in [6, 6.07) is 36.3. The molecule has 40 heavy (non-hydrogen) atoms. The summed E-state index contributed by atoms with van der Waals surface area (Å²) in [7, 11) is 0. The largest absolute Gasteiger partial charge is 0.315 e. The number of hydrogen-bond acceptors (Lipinski definition) is 2. The molecule has 3 aliphatic rings. The number of nitrogens with zero attached hydrogens (tertiary/aromatic N) is 2. The van der Waals surface area contributed by atoms with Gasteiger partial charge in [0.15, 0.2) is 0 Å². The van der Waals surface area contributed by atoms with Crippen molar-refractivity contribution in [3.05, 3.63) is 126 Å². The second-order valence-electron chi connectivity index (χ2n) is 11.4. The summed E-state index contributed by atoms with van der Waals surface area (Å²) in [5.74, 6) is 0. The van der Waals surface area contributed by atoms with Gasteiger partial charge in [-0.1, -0.05) is 86.2 Å². The van der Waals surface area contributed by atoms with Gasteiger partial charge in [0, 0.05) is 34.1 Å². The van der Waals surface area contributed by atoms with E-state index in [0.29, 0.717) is 0 Å². The average molecular weight is 521 g/mol. The van der Waals surface area contributed by atoms with E-state index in [0.717, 1.165) is 19.3 Å². The third kappa shape index (κ3) is 4.02. The van der Waals surface area contributed by atoms with Gasteiger partial charge >= 0.3 is 0 Å². The molecule has 0 saturated carbocycles. The number of anilines is 4. The van der Waals surface area contributed by atoms with Crippen molar-refractivity contribution in [3.63, 3.8) is 0 Å². The summed E-state index contributed by atoms with van der Waals surface area (Å²) in [5.41, 5.74) is 15.1. The molecule has 2 aliphatic heterocycles. The lowest BCUT2D eigenvalue weighted by atomic mass is 9.32. The van der Waals surface area contributed by atoms with Crippen LogP contribution in [-0.4, -0.2) is 6.71 Å². The van der Waals surface area contributed by atoms with E-state index < -0.39 is 0 Å². The molecule has 0 saturated heterocycles. The van der Waals surface area contributed by atoms with Crippen molar-refractivity contribution in [1.82, 2.24) is 0 Å². The zero-order chi connectivity index (χ0) is 27.1. The molecule has 4 aromatic carbocycles. The Morgan fingerprint density at radius 1 is 0.725 bits per heavy atom. The molecule has 0 radical (unpaired) electrons. The highest BCUT2D eigenvalue weighted by Crippen LogP contribution is 2.46. The minimum atomic E-state index is 0.186. The number of para-hydroxylation sites is 2. The van der Waals surface area contributed by atoms with E-state index in [1.54, 1.807) is 0 Å². The molecule has 2 nitrogen and oxygen atoms in total. The van der Waals surface area contributed by atoms with Crippen molar-refractivity contribution < 1.29 is 0 Å². The van der Waals surface area contributed by atoms with Gasteiger partial charge in [0.25, 0.3) is 6.71 Å². The topological polar surface area (TPSA) is 6.48 Å². The maximum absolute atomic E-state index is 2.59. The van der Waals surface area contributed by atoms with Gasteiger partial charge in [-0.15, -0.1) is 0 Å². The normalized spacial score (nSPS) is 16.1. The van der Waals surface area contributed by atoms with Crippen molar-refractivity contribution in [2.75, 3.05) is 9.80 Å². The smallest absolute Gasteiger partial charge is 0.252 e. The SMILES string of the molecule is CCCCc1ccccc1C1=C(C)N(c2ccccc2)c2cccc3c2B1c1ccccc1N3C1=CCCCC1. The fourth-order valence-electron chi connectivity index (χ4n) is 7.22. The maximum Gasteiger partial charge on any atom is 0.252 e. The van der Waals surface area contributed by atoms with E-state index in [1.807, 2.05) is 0 Å². The predicted molar refractivity (Wildman–Crippen MR) is 173 cm³/mol. The van der Waals surface area contributed by atoms with Gasteiger partial charge in [0.05, 0.1) is 0 Å². The Morgan fingerprint density at radius 2 is 1.45 bits per heavy atom. The van der Waals surface area contributed by atoms with Crippen LogP contribution in [0.5, 0.6) is 0 Å². The van der Waals surface area contributed by atoms with Crippen molar-refractivity contribution >= 4 is 45.9 Å². The second-order valence-corrected chi connectivity index (χ2v) is 11.4.